The Morgan fingerprint density at radius 3 is 2.24 bits per heavy atom. The number of halogens is 3. The summed E-state index contributed by atoms with van der Waals surface area (Å²) in [7, 11) is 0. The number of benzene rings is 3. The molecular weight excluding hydrogens is 399 g/mol. The van der Waals surface area contributed by atoms with Crippen molar-refractivity contribution in [2.24, 2.45) is 0 Å². The molecule has 0 saturated heterocycles. The molecule has 0 saturated carbocycles. The van der Waals surface area contributed by atoms with Crippen molar-refractivity contribution in [1.29, 1.82) is 0 Å². The van der Waals surface area contributed by atoms with Crippen molar-refractivity contribution in [3.05, 3.63) is 80.5 Å². The first-order valence-electron chi connectivity index (χ1n) is 6.38. The van der Waals surface area contributed by atoms with Gasteiger partial charge in [0.15, 0.2) is 0 Å². The van der Waals surface area contributed by atoms with Crippen molar-refractivity contribution in [3.63, 3.8) is 0 Å². The van der Waals surface area contributed by atoms with Crippen molar-refractivity contribution in [1.82, 2.24) is 0 Å². The van der Waals surface area contributed by atoms with E-state index in [1.165, 1.54) is 6.07 Å². The molecule has 0 aliphatic heterocycles. The standard InChI is InChI=1S/C17H11Br2FO/c18-14-8-6-13(11-3-1-2-4-12(11)14)17(21)10-5-7-15(19)16(20)9-10/h1-9,17,21H. The molecule has 1 unspecified atom stereocenters. The average molecular weight is 410 g/mol. The summed E-state index contributed by atoms with van der Waals surface area (Å²) < 4.78 is 15.0. The van der Waals surface area contributed by atoms with E-state index >= 15 is 0 Å². The second kappa shape index (κ2) is 5.87. The van der Waals surface area contributed by atoms with E-state index in [2.05, 4.69) is 31.9 Å². The second-order valence-corrected chi connectivity index (χ2v) is 6.47. The number of hydrogen-bond donors (Lipinski definition) is 1. The Bertz CT molecular complexity index is 817. The van der Waals surface area contributed by atoms with Gasteiger partial charge in [0.25, 0.3) is 0 Å². The van der Waals surface area contributed by atoms with Gasteiger partial charge in [0.2, 0.25) is 0 Å². The van der Waals surface area contributed by atoms with Crippen LogP contribution in [0.4, 0.5) is 4.39 Å². The quantitative estimate of drug-likeness (QED) is 0.585. The summed E-state index contributed by atoms with van der Waals surface area (Å²) in [6.45, 7) is 0. The third kappa shape index (κ3) is 2.76. The van der Waals surface area contributed by atoms with Crippen LogP contribution in [0.1, 0.15) is 17.2 Å². The molecule has 21 heavy (non-hydrogen) atoms. The lowest BCUT2D eigenvalue weighted by Crippen LogP contribution is -2.01. The Kier molecular flexibility index (Phi) is 4.11. The van der Waals surface area contributed by atoms with Gasteiger partial charge in [-0.25, -0.2) is 4.39 Å². The summed E-state index contributed by atoms with van der Waals surface area (Å²) in [5.74, 6) is -0.382. The highest BCUT2D eigenvalue weighted by atomic mass is 79.9. The van der Waals surface area contributed by atoms with Gasteiger partial charge in [0.1, 0.15) is 11.9 Å². The van der Waals surface area contributed by atoms with Crippen molar-refractivity contribution in [2.75, 3.05) is 0 Å². The SMILES string of the molecule is OC(c1ccc(Br)c(F)c1)c1ccc(Br)c2ccccc12. The molecule has 1 nitrogen and oxygen atoms in total. The Labute approximate surface area is 138 Å². The molecule has 0 bridgehead atoms. The summed E-state index contributed by atoms with van der Waals surface area (Å²) in [5.41, 5.74) is 1.29. The summed E-state index contributed by atoms with van der Waals surface area (Å²) >= 11 is 6.63. The average Bonchev–Trinajstić information content (AvgIpc) is 2.50. The third-order valence-corrected chi connectivity index (χ3v) is 4.79. The monoisotopic (exact) mass is 408 g/mol. The smallest absolute Gasteiger partial charge is 0.137 e. The zero-order chi connectivity index (χ0) is 15.0. The van der Waals surface area contributed by atoms with Gasteiger partial charge in [0, 0.05) is 4.47 Å². The highest BCUT2D eigenvalue weighted by Crippen LogP contribution is 2.33. The van der Waals surface area contributed by atoms with Gasteiger partial charge in [-0.2, -0.15) is 0 Å². The predicted molar refractivity (Wildman–Crippen MR) is 89.8 cm³/mol. The van der Waals surface area contributed by atoms with Crippen molar-refractivity contribution >= 4 is 42.6 Å². The molecule has 0 aliphatic rings. The highest BCUT2D eigenvalue weighted by Gasteiger charge is 2.16. The normalized spacial score (nSPS) is 12.6. The first-order valence-corrected chi connectivity index (χ1v) is 7.96. The van der Waals surface area contributed by atoms with Crippen molar-refractivity contribution in [3.8, 4) is 0 Å². The summed E-state index contributed by atoms with van der Waals surface area (Å²) in [6, 6.07) is 16.2. The van der Waals surface area contributed by atoms with Crippen LogP contribution in [0.2, 0.25) is 0 Å². The fraction of sp³-hybridized carbons (Fsp3) is 0.0588. The Morgan fingerprint density at radius 1 is 0.857 bits per heavy atom. The van der Waals surface area contributed by atoms with Gasteiger partial charge in [-0.3, -0.25) is 0 Å². The van der Waals surface area contributed by atoms with Crippen LogP contribution in [-0.4, -0.2) is 5.11 Å². The van der Waals surface area contributed by atoms with E-state index < -0.39 is 6.10 Å². The topological polar surface area (TPSA) is 20.2 Å². The molecule has 0 aromatic heterocycles. The van der Waals surface area contributed by atoms with Crippen LogP contribution in [0.3, 0.4) is 0 Å². The lowest BCUT2D eigenvalue weighted by Gasteiger charge is -2.15. The Balaban J connectivity index is 2.15. The van der Waals surface area contributed by atoms with E-state index in [1.54, 1.807) is 12.1 Å². The molecular formula is C17H11Br2FO. The molecule has 3 rings (SSSR count). The van der Waals surface area contributed by atoms with Crippen LogP contribution < -0.4 is 0 Å². The van der Waals surface area contributed by atoms with Crippen molar-refractivity contribution in [2.45, 2.75) is 6.10 Å². The van der Waals surface area contributed by atoms with E-state index in [-0.39, 0.29) is 5.82 Å². The fourth-order valence-electron chi connectivity index (χ4n) is 2.39. The molecule has 0 heterocycles. The van der Waals surface area contributed by atoms with E-state index in [0.717, 1.165) is 20.8 Å². The molecule has 0 aliphatic carbocycles. The number of rotatable bonds is 2. The number of hydrogen-bond acceptors (Lipinski definition) is 1. The van der Waals surface area contributed by atoms with Gasteiger partial charge < -0.3 is 5.11 Å². The van der Waals surface area contributed by atoms with Gasteiger partial charge in [-0.15, -0.1) is 0 Å². The molecule has 1 N–H and O–H groups in total. The first kappa shape index (κ1) is 14.7. The van der Waals surface area contributed by atoms with E-state index in [1.807, 2.05) is 36.4 Å². The van der Waals surface area contributed by atoms with Crippen LogP contribution in [0.5, 0.6) is 0 Å². The lowest BCUT2D eigenvalue weighted by atomic mass is 9.96. The second-order valence-electron chi connectivity index (χ2n) is 4.76. The summed E-state index contributed by atoms with van der Waals surface area (Å²) in [6.07, 6.45) is -0.870. The number of fused-ring (bicyclic) bond motifs is 1. The minimum Gasteiger partial charge on any atom is -0.384 e. The minimum atomic E-state index is -0.870. The van der Waals surface area contributed by atoms with Crippen LogP contribution in [0, 0.1) is 5.82 Å². The Morgan fingerprint density at radius 2 is 1.52 bits per heavy atom. The predicted octanol–water partition coefficient (Wildman–Crippen LogP) is 5.59. The molecule has 0 fully saturated rings. The van der Waals surface area contributed by atoms with Gasteiger partial charge in [-0.05, 0) is 56.0 Å². The largest absolute Gasteiger partial charge is 0.384 e. The van der Waals surface area contributed by atoms with Crippen LogP contribution >= 0.6 is 31.9 Å². The first-order chi connectivity index (χ1) is 10.1. The zero-order valence-corrected chi connectivity index (χ0v) is 14.0. The molecule has 0 amide bonds. The fourth-order valence-corrected chi connectivity index (χ4v) is 3.11. The molecule has 106 valence electrons. The maximum absolute atomic E-state index is 13.7. The van der Waals surface area contributed by atoms with E-state index in [0.29, 0.717) is 10.0 Å². The Hall–Kier alpha value is -1.23. The van der Waals surface area contributed by atoms with Gasteiger partial charge in [0.05, 0.1) is 4.47 Å². The van der Waals surface area contributed by atoms with Gasteiger partial charge in [-0.1, -0.05) is 52.3 Å². The molecule has 0 radical (unpaired) electrons. The van der Waals surface area contributed by atoms with E-state index in [9.17, 15) is 9.50 Å². The van der Waals surface area contributed by atoms with E-state index in [4.69, 9.17) is 0 Å². The molecule has 1 atom stereocenters. The summed E-state index contributed by atoms with van der Waals surface area (Å²) in [4.78, 5) is 0. The van der Waals surface area contributed by atoms with Crippen molar-refractivity contribution < 1.29 is 9.50 Å². The van der Waals surface area contributed by atoms with Crippen LogP contribution in [0.15, 0.2) is 63.5 Å². The highest BCUT2D eigenvalue weighted by molar-refractivity contribution is 9.11. The van der Waals surface area contributed by atoms with Crippen LogP contribution in [-0.2, 0) is 0 Å². The molecule has 4 heteroatoms. The maximum atomic E-state index is 13.7. The lowest BCUT2D eigenvalue weighted by molar-refractivity contribution is 0.221. The zero-order valence-electron chi connectivity index (χ0n) is 10.9. The van der Waals surface area contributed by atoms with Gasteiger partial charge >= 0.3 is 0 Å². The molecule has 3 aromatic rings. The third-order valence-electron chi connectivity index (χ3n) is 3.46. The number of aliphatic hydroxyl groups excluding tert-OH is 1. The number of aliphatic hydroxyl groups is 1. The summed E-state index contributed by atoms with van der Waals surface area (Å²) in [5, 5.41) is 12.6. The molecule has 0 spiro atoms. The maximum Gasteiger partial charge on any atom is 0.137 e. The minimum absolute atomic E-state index is 0.382. The van der Waals surface area contributed by atoms with Crippen LogP contribution in [0.25, 0.3) is 10.8 Å². The molecule has 3 aromatic carbocycles.